The zero-order valence-electron chi connectivity index (χ0n) is 10.3. The van der Waals surface area contributed by atoms with Gasteiger partial charge in [0, 0.05) is 10.9 Å². The predicted octanol–water partition coefficient (Wildman–Crippen LogP) is 3.71. The average molecular weight is 300 g/mol. The maximum absolute atomic E-state index is 13.6. The summed E-state index contributed by atoms with van der Waals surface area (Å²) in [7, 11) is 0. The summed E-state index contributed by atoms with van der Waals surface area (Å²) in [6.07, 6.45) is 0. The van der Waals surface area contributed by atoms with Gasteiger partial charge in [-0.25, -0.2) is 4.39 Å². The third-order valence-corrected chi connectivity index (χ3v) is 3.71. The molecule has 0 radical (unpaired) electrons. The first-order valence-electron chi connectivity index (χ1n) is 5.57. The number of aromatic nitrogens is 2. The van der Waals surface area contributed by atoms with Crippen LogP contribution in [0.25, 0.3) is 0 Å². The molecule has 0 bridgehead atoms. The number of anilines is 1. The Bertz CT molecular complexity index is 615. The smallest absolute Gasteiger partial charge is 0.260 e. The van der Waals surface area contributed by atoms with E-state index in [1.54, 1.807) is 0 Å². The van der Waals surface area contributed by atoms with Crippen LogP contribution in [0.15, 0.2) is 18.2 Å². The zero-order chi connectivity index (χ0) is 14.0. The second-order valence-electron chi connectivity index (χ2n) is 4.18. The van der Waals surface area contributed by atoms with Crippen molar-refractivity contribution in [2.24, 2.45) is 0 Å². The molecule has 0 aliphatic rings. The molecule has 19 heavy (non-hydrogen) atoms. The molecule has 4 nitrogen and oxygen atoms in total. The van der Waals surface area contributed by atoms with Gasteiger partial charge in [-0.1, -0.05) is 36.8 Å². The van der Waals surface area contributed by atoms with E-state index < -0.39 is 11.7 Å². The van der Waals surface area contributed by atoms with Gasteiger partial charge in [-0.3, -0.25) is 10.1 Å². The third-order valence-electron chi connectivity index (χ3n) is 2.33. The highest BCUT2D eigenvalue weighted by atomic mass is 35.5. The summed E-state index contributed by atoms with van der Waals surface area (Å²) in [4.78, 5) is 11.9. The van der Waals surface area contributed by atoms with Gasteiger partial charge in [0.05, 0.1) is 5.56 Å². The minimum Gasteiger partial charge on any atom is -0.296 e. The molecule has 100 valence electrons. The number of hydrogen-bond donors (Lipinski definition) is 1. The fraction of sp³-hybridized carbons (Fsp3) is 0.250. The van der Waals surface area contributed by atoms with Crippen LogP contribution in [-0.2, 0) is 0 Å². The molecule has 2 rings (SSSR count). The molecule has 1 aromatic heterocycles. The van der Waals surface area contributed by atoms with Crippen molar-refractivity contribution in [2.45, 2.75) is 19.8 Å². The van der Waals surface area contributed by atoms with Crippen LogP contribution < -0.4 is 5.32 Å². The lowest BCUT2D eigenvalue weighted by molar-refractivity contribution is 0.102. The molecule has 0 fully saturated rings. The van der Waals surface area contributed by atoms with E-state index >= 15 is 0 Å². The van der Waals surface area contributed by atoms with Crippen molar-refractivity contribution in [1.82, 2.24) is 10.2 Å². The Morgan fingerprint density at radius 1 is 1.42 bits per heavy atom. The maximum atomic E-state index is 13.6. The van der Waals surface area contributed by atoms with Gasteiger partial charge in [0.2, 0.25) is 5.13 Å². The first kappa shape index (κ1) is 13.9. The van der Waals surface area contributed by atoms with Crippen LogP contribution in [0.5, 0.6) is 0 Å². The summed E-state index contributed by atoms with van der Waals surface area (Å²) in [5, 5.41) is 11.7. The van der Waals surface area contributed by atoms with Crippen LogP contribution in [0.1, 0.15) is 35.1 Å². The largest absolute Gasteiger partial charge is 0.296 e. The number of benzene rings is 1. The topological polar surface area (TPSA) is 54.9 Å². The lowest BCUT2D eigenvalue weighted by atomic mass is 10.2. The van der Waals surface area contributed by atoms with E-state index in [0.717, 1.165) is 11.1 Å². The van der Waals surface area contributed by atoms with Gasteiger partial charge in [0.25, 0.3) is 5.91 Å². The van der Waals surface area contributed by atoms with Crippen molar-refractivity contribution < 1.29 is 9.18 Å². The molecule has 1 heterocycles. The molecule has 1 aromatic carbocycles. The number of carbonyl (C=O) groups is 1. The minimum atomic E-state index is -0.668. The lowest BCUT2D eigenvalue weighted by Crippen LogP contribution is -2.13. The van der Waals surface area contributed by atoms with Crippen LogP contribution in [0.4, 0.5) is 9.52 Å². The van der Waals surface area contributed by atoms with E-state index in [4.69, 9.17) is 11.6 Å². The predicted molar refractivity (Wildman–Crippen MR) is 73.4 cm³/mol. The van der Waals surface area contributed by atoms with Crippen molar-refractivity contribution in [1.29, 1.82) is 0 Å². The summed E-state index contributed by atoms with van der Waals surface area (Å²) in [6.45, 7) is 3.95. The van der Waals surface area contributed by atoms with Crippen LogP contribution in [0, 0.1) is 5.82 Å². The highest BCUT2D eigenvalue weighted by Crippen LogP contribution is 2.23. The van der Waals surface area contributed by atoms with Gasteiger partial charge < -0.3 is 0 Å². The first-order chi connectivity index (χ1) is 8.97. The second-order valence-corrected chi connectivity index (χ2v) is 5.62. The monoisotopic (exact) mass is 299 g/mol. The summed E-state index contributed by atoms with van der Waals surface area (Å²) in [5.41, 5.74) is -0.0781. The Balaban J connectivity index is 2.16. The number of amides is 1. The number of rotatable bonds is 3. The van der Waals surface area contributed by atoms with E-state index in [1.165, 1.54) is 23.5 Å². The molecular weight excluding hydrogens is 289 g/mol. The van der Waals surface area contributed by atoms with Crippen LogP contribution in [-0.4, -0.2) is 16.1 Å². The van der Waals surface area contributed by atoms with E-state index in [9.17, 15) is 9.18 Å². The third kappa shape index (κ3) is 3.27. The van der Waals surface area contributed by atoms with Gasteiger partial charge in [-0.15, -0.1) is 10.2 Å². The van der Waals surface area contributed by atoms with Crippen LogP contribution in [0.2, 0.25) is 5.02 Å². The fourth-order valence-electron chi connectivity index (χ4n) is 1.36. The highest BCUT2D eigenvalue weighted by molar-refractivity contribution is 7.15. The molecule has 0 saturated heterocycles. The highest BCUT2D eigenvalue weighted by Gasteiger charge is 2.15. The Morgan fingerprint density at radius 2 is 2.16 bits per heavy atom. The maximum Gasteiger partial charge on any atom is 0.260 e. The molecule has 0 saturated carbocycles. The van der Waals surface area contributed by atoms with Crippen LogP contribution >= 0.6 is 22.9 Å². The van der Waals surface area contributed by atoms with E-state index in [1.807, 2.05) is 13.8 Å². The van der Waals surface area contributed by atoms with Gasteiger partial charge in [0.1, 0.15) is 10.8 Å². The Labute approximate surface area is 118 Å². The molecule has 0 atom stereocenters. The van der Waals surface area contributed by atoms with Gasteiger partial charge >= 0.3 is 0 Å². The van der Waals surface area contributed by atoms with Crippen molar-refractivity contribution in [2.75, 3.05) is 5.32 Å². The Morgan fingerprint density at radius 3 is 2.74 bits per heavy atom. The van der Waals surface area contributed by atoms with E-state index in [0.29, 0.717) is 5.13 Å². The summed E-state index contributed by atoms with van der Waals surface area (Å²) in [5.74, 6) is -1.00. The normalized spacial score (nSPS) is 10.8. The lowest BCUT2D eigenvalue weighted by Gasteiger charge is -2.02. The molecule has 2 aromatic rings. The zero-order valence-corrected chi connectivity index (χ0v) is 11.8. The number of nitrogens with one attached hydrogen (secondary N) is 1. The minimum absolute atomic E-state index is 0.0781. The van der Waals surface area contributed by atoms with Gasteiger partial charge in [-0.05, 0) is 18.2 Å². The number of halogens is 2. The molecule has 0 aliphatic heterocycles. The number of carbonyl (C=O) groups excluding carboxylic acids is 1. The molecule has 0 spiro atoms. The van der Waals surface area contributed by atoms with Crippen molar-refractivity contribution >= 4 is 34.0 Å². The Hall–Kier alpha value is -1.53. The molecule has 0 aliphatic carbocycles. The summed E-state index contributed by atoms with van der Waals surface area (Å²) < 4.78 is 13.6. The quantitative estimate of drug-likeness (QED) is 0.940. The number of nitrogens with zero attached hydrogens (tertiary/aromatic N) is 2. The van der Waals surface area contributed by atoms with Crippen LogP contribution in [0.3, 0.4) is 0 Å². The number of hydrogen-bond acceptors (Lipinski definition) is 4. The van der Waals surface area contributed by atoms with Crippen molar-refractivity contribution in [3.8, 4) is 0 Å². The van der Waals surface area contributed by atoms with Gasteiger partial charge in [-0.2, -0.15) is 0 Å². The van der Waals surface area contributed by atoms with E-state index in [2.05, 4.69) is 15.5 Å². The van der Waals surface area contributed by atoms with Crippen molar-refractivity contribution in [3.63, 3.8) is 0 Å². The molecule has 1 N–H and O–H groups in total. The summed E-state index contributed by atoms with van der Waals surface area (Å²) >= 11 is 6.90. The summed E-state index contributed by atoms with van der Waals surface area (Å²) in [6, 6.07) is 3.88. The fourth-order valence-corrected chi connectivity index (χ4v) is 2.26. The molecule has 1 amide bonds. The SMILES string of the molecule is CC(C)c1nnc(NC(=O)c2ccc(Cl)cc2F)s1. The first-order valence-corrected chi connectivity index (χ1v) is 6.76. The molecule has 7 heteroatoms. The van der Waals surface area contributed by atoms with E-state index in [-0.39, 0.29) is 16.5 Å². The molecule has 0 unspecified atom stereocenters. The average Bonchev–Trinajstić information content (AvgIpc) is 2.77. The second kappa shape index (κ2) is 5.63. The standard InChI is InChI=1S/C12H11ClFN3OS/c1-6(2)11-16-17-12(19-11)15-10(18)8-4-3-7(13)5-9(8)14/h3-6H,1-2H3,(H,15,17,18). The Kier molecular flexibility index (Phi) is 4.11. The molecular formula is C12H11ClFN3OS. The van der Waals surface area contributed by atoms with Gasteiger partial charge in [0.15, 0.2) is 0 Å². The van der Waals surface area contributed by atoms with Crippen molar-refractivity contribution in [3.05, 3.63) is 39.6 Å².